The number of ether oxygens (including phenoxy) is 1. The molecule has 0 spiro atoms. The number of likely N-dealkylation sites (tertiary alicyclic amines) is 1. The number of rotatable bonds is 7. The number of unbranched alkanes of at least 4 members (excludes halogenated alkanes) is 2. The number of carboxylic acids is 1. The summed E-state index contributed by atoms with van der Waals surface area (Å²) in [6.45, 7) is 5.39. The van der Waals surface area contributed by atoms with Gasteiger partial charge in [-0.1, -0.05) is 6.42 Å². The summed E-state index contributed by atoms with van der Waals surface area (Å²) in [7, 11) is 1.79. The molecule has 1 aliphatic heterocycles. The zero-order chi connectivity index (χ0) is 12.7. The normalized spacial score (nSPS) is 26.0. The van der Waals surface area contributed by atoms with Crippen LogP contribution in [0.5, 0.6) is 0 Å². The molecule has 1 heterocycles. The van der Waals surface area contributed by atoms with Crippen molar-refractivity contribution in [3.8, 4) is 0 Å². The van der Waals surface area contributed by atoms with Crippen molar-refractivity contribution in [3.63, 3.8) is 0 Å². The summed E-state index contributed by atoms with van der Waals surface area (Å²) in [6, 6.07) is 0. The van der Waals surface area contributed by atoms with E-state index in [0.29, 0.717) is 6.42 Å². The maximum absolute atomic E-state index is 10.4. The molecule has 1 rings (SSSR count). The van der Waals surface area contributed by atoms with Gasteiger partial charge in [0.05, 0.1) is 5.60 Å². The van der Waals surface area contributed by atoms with Crippen LogP contribution >= 0.6 is 0 Å². The number of hydrogen-bond donors (Lipinski definition) is 1. The van der Waals surface area contributed by atoms with E-state index in [0.717, 1.165) is 45.3 Å². The maximum atomic E-state index is 10.4. The highest BCUT2D eigenvalue weighted by Crippen LogP contribution is 2.23. The van der Waals surface area contributed by atoms with Crippen molar-refractivity contribution in [2.45, 2.75) is 51.0 Å². The van der Waals surface area contributed by atoms with E-state index >= 15 is 0 Å². The Labute approximate surface area is 104 Å². The summed E-state index contributed by atoms with van der Waals surface area (Å²) in [5, 5.41) is 8.54. The molecule has 100 valence electrons. The third-order valence-corrected chi connectivity index (χ3v) is 3.60. The minimum absolute atomic E-state index is 0.0132. The first kappa shape index (κ1) is 14.5. The van der Waals surface area contributed by atoms with E-state index in [1.54, 1.807) is 7.11 Å². The van der Waals surface area contributed by atoms with Gasteiger partial charge in [-0.25, -0.2) is 0 Å². The first-order chi connectivity index (χ1) is 8.06. The standard InChI is InChI=1S/C13H25NO3/c1-13(17-2)8-6-10-14(11-13)9-5-3-4-7-12(15)16/h3-11H2,1-2H3,(H,15,16). The minimum atomic E-state index is -0.685. The Kier molecular flexibility index (Phi) is 5.92. The second-order valence-corrected chi connectivity index (χ2v) is 5.24. The lowest BCUT2D eigenvalue weighted by atomic mass is 9.94. The van der Waals surface area contributed by atoms with Crippen LogP contribution in [0.25, 0.3) is 0 Å². The molecule has 0 aromatic rings. The lowest BCUT2D eigenvalue weighted by Gasteiger charge is -2.39. The number of hydrogen-bond acceptors (Lipinski definition) is 3. The molecule has 0 radical (unpaired) electrons. The van der Waals surface area contributed by atoms with Crippen molar-refractivity contribution in [3.05, 3.63) is 0 Å². The Morgan fingerprint density at radius 2 is 2.18 bits per heavy atom. The summed E-state index contributed by atoms with van der Waals surface area (Å²) in [5.74, 6) is -0.685. The average Bonchev–Trinajstić information content (AvgIpc) is 2.28. The van der Waals surface area contributed by atoms with E-state index in [1.807, 2.05) is 0 Å². The van der Waals surface area contributed by atoms with Gasteiger partial charge in [-0.15, -0.1) is 0 Å². The van der Waals surface area contributed by atoms with Crippen molar-refractivity contribution in [2.24, 2.45) is 0 Å². The average molecular weight is 243 g/mol. The molecule has 0 aromatic carbocycles. The van der Waals surface area contributed by atoms with Crippen molar-refractivity contribution in [2.75, 3.05) is 26.7 Å². The van der Waals surface area contributed by atoms with Gasteiger partial charge in [0.15, 0.2) is 0 Å². The number of piperidine rings is 1. The Morgan fingerprint density at radius 1 is 1.41 bits per heavy atom. The van der Waals surface area contributed by atoms with Gasteiger partial charge in [0.2, 0.25) is 0 Å². The zero-order valence-electron chi connectivity index (χ0n) is 11.1. The summed E-state index contributed by atoms with van der Waals surface area (Å²) < 4.78 is 5.55. The topological polar surface area (TPSA) is 49.8 Å². The van der Waals surface area contributed by atoms with E-state index in [2.05, 4.69) is 11.8 Å². The van der Waals surface area contributed by atoms with Gasteiger partial charge in [-0.3, -0.25) is 4.79 Å². The number of nitrogens with zero attached hydrogens (tertiary/aromatic N) is 1. The van der Waals surface area contributed by atoms with Gasteiger partial charge in [0.1, 0.15) is 0 Å². The molecular weight excluding hydrogens is 218 g/mol. The third kappa shape index (κ3) is 5.50. The van der Waals surface area contributed by atoms with E-state index in [-0.39, 0.29) is 5.60 Å². The number of carbonyl (C=O) groups is 1. The van der Waals surface area contributed by atoms with Crippen LogP contribution in [0, 0.1) is 0 Å². The first-order valence-corrected chi connectivity index (χ1v) is 6.55. The summed E-state index contributed by atoms with van der Waals surface area (Å²) in [4.78, 5) is 12.8. The second kappa shape index (κ2) is 6.97. The van der Waals surface area contributed by atoms with Gasteiger partial charge >= 0.3 is 5.97 Å². The molecule has 4 heteroatoms. The van der Waals surface area contributed by atoms with Crippen molar-refractivity contribution in [1.29, 1.82) is 0 Å². The molecule has 0 bridgehead atoms. The molecule has 1 saturated heterocycles. The Balaban J connectivity index is 2.12. The fraction of sp³-hybridized carbons (Fsp3) is 0.923. The van der Waals surface area contributed by atoms with Gasteiger partial charge in [0, 0.05) is 20.1 Å². The predicted octanol–water partition coefficient (Wildman–Crippen LogP) is 2.13. The van der Waals surface area contributed by atoms with Crippen molar-refractivity contribution >= 4 is 5.97 Å². The molecule has 1 aliphatic rings. The summed E-state index contributed by atoms with van der Waals surface area (Å²) in [5.41, 5.74) is 0.0132. The Bertz CT molecular complexity index is 245. The maximum Gasteiger partial charge on any atom is 0.303 e. The van der Waals surface area contributed by atoms with Crippen LogP contribution in [-0.2, 0) is 9.53 Å². The number of methoxy groups -OCH3 is 1. The quantitative estimate of drug-likeness (QED) is 0.696. The first-order valence-electron chi connectivity index (χ1n) is 6.55. The Morgan fingerprint density at radius 3 is 2.82 bits per heavy atom. The molecule has 1 fully saturated rings. The van der Waals surface area contributed by atoms with E-state index < -0.39 is 5.97 Å². The lowest BCUT2D eigenvalue weighted by molar-refractivity contribution is -0.137. The van der Waals surface area contributed by atoms with Crippen LogP contribution in [0.1, 0.15) is 45.4 Å². The molecule has 0 aliphatic carbocycles. The zero-order valence-corrected chi connectivity index (χ0v) is 11.1. The van der Waals surface area contributed by atoms with Crippen molar-refractivity contribution < 1.29 is 14.6 Å². The molecule has 4 nitrogen and oxygen atoms in total. The molecule has 17 heavy (non-hydrogen) atoms. The lowest BCUT2D eigenvalue weighted by Crippen LogP contribution is -2.47. The van der Waals surface area contributed by atoms with Crippen LogP contribution in [0.2, 0.25) is 0 Å². The molecule has 1 unspecified atom stereocenters. The van der Waals surface area contributed by atoms with Crippen LogP contribution in [0.4, 0.5) is 0 Å². The van der Waals surface area contributed by atoms with Gasteiger partial charge in [-0.2, -0.15) is 0 Å². The second-order valence-electron chi connectivity index (χ2n) is 5.24. The summed E-state index contributed by atoms with van der Waals surface area (Å²) in [6.07, 6.45) is 5.53. The summed E-state index contributed by atoms with van der Waals surface area (Å²) >= 11 is 0. The SMILES string of the molecule is COC1(C)CCCN(CCCCCC(=O)O)C1. The molecule has 0 amide bonds. The molecule has 1 N–H and O–H groups in total. The highest BCUT2D eigenvalue weighted by molar-refractivity contribution is 5.66. The van der Waals surface area contributed by atoms with Gasteiger partial charge in [0.25, 0.3) is 0 Å². The van der Waals surface area contributed by atoms with Crippen LogP contribution in [0.3, 0.4) is 0 Å². The predicted molar refractivity (Wildman–Crippen MR) is 67.2 cm³/mol. The van der Waals surface area contributed by atoms with Crippen LogP contribution in [-0.4, -0.2) is 48.3 Å². The van der Waals surface area contributed by atoms with Crippen LogP contribution in [0.15, 0.2) is 0 Å². The molecule has 0 saturated carbocycles. The van der Waals surface area contributed by atoms with E-state index in [9.17, 15) is 4.79 Å². The highest BCUT2D eigenvalue weighted by atomic mass is 16.5. The van der Waals surface area contributed by atoms with Crippen LogP contribution < -0.4 is 0 Å². The smallest absolute Gasteiger partial charge is 0.303 e. The van der Waals surface area contributed by atoms with Gasteiger partial charge in [-0.05, 0) is 45.7 Å². The molecule has 1 atom stereocenters. The Hall–Kier alpha value is -0.610. The fourth-order valence-corrected chi connectivity index (χ4v) is 2.45. The van der Waals surface area contributed by atoms with Gasteiger partial charge < -0.3 is 14.7 Å². The largest absolute Gasteiger partial charge is 0.481 e. The number of carboxylic acid groups (broad SMARTS) is 1. The van der Waals surface area contributed by atoms with E-state index in [1.165, 1.54) is 6.42 Å². The minimum Gasteiger partial charge on any atom is -0.481 e. The third-order valence-electron chi connectivity index (χ3n) is 3.60. The molecular formula is C13H25NO3. The number of aliphatic carboxylic acids is 1. The molecule has 0 aromatic heterocycles. The van der Waals surface area contributed by atoms with E-state index in [4.69, 9.17) is 9.84 Å². The highest BCUT2D eigenvalue weighted by Gasteiger charge is 2.30. The fourth-order valence-electron chi connectivity index (χ4n) is 2.45. The monoisotopic (exact) mass is 243 g/mol. The van der Waals surface area contributed by atoms with Crippen molar-refractivity contribution in [1.82, 2.24) is 4.90 Å².